The Balaban J connectivity index is 0.679. The number of anilines is 1. The molecule has 0 bridgehead atoms. The van der Waals surface area contributed by atoms with E-state index in [1.165, 1.54) is 73.9 Å². The summed E-state index contributed by atoms with van der Waals surface area (Å²) in [5, 5.41) is 47.0. The van der Waals surface area contributed by atoms with E-state index in [4.69, 9.17) is 97.6 Å². The van der Waals surface area contributed by atoms with Crippen LogP contribution in [-0.4, -0.2) is 244 Å². The molecule has 5 aromatic rings. The number of phosphoric acid groups is 4. The highest BCUT2D eigenvalue weighted by Gasteiger charge is 2.46. The number of phenols is 1. The molecule has 1 aliphatic carbocycles. The summed E-state index contributed by atoms with van der Waals surface area (Å²) in [5.74, 6) is -2.35. The van der Waals surface area contributed by atoms with Gasteiger partial charge in [-0.25, -0.2) is 37.4 Å². The molecule has 46 nitrogen and oxygen atoms in total. The fourth-order valence-corrected chi connectivity index (χ4v) is 16.9. The number of benzene rings is 3. The van der Waals surface area contributed by atoms with E-state index in [2.05, 4.69) is 25.6 Å². The van der Waals surface area contributed by atoms with Crippen LogP contribution < -0.4 is 50.0 Å². The van der Waals surface area contributed by atoms with Crippen molar-refractivity contribution in [2.24, 2.45) is 0 Å². The minimum atomic E-state index is -4.60. The molecule has 124 heavy (non-hydrogen) atoms. The average molecular weight is 1830 g/mol. The van der Waals surface area contributed by atoms with Crippen LogP contribution in [0.2, 0.25) is 0 Å². The molecule has 3 saturated heterocycles. The zero-order chi connectivity index (χ0) is 89.3. The SMILES string of the molecule is COP(=O)(OCCOCCOCCOP(=O)(OC)O[C@@H]1C[C@H](n2cc(C=CC(=O)NCCCCCCNC(=O)c3ccc(C(=O)O)c(-c4c5ccc(=O)cc-5oc5cc(O)ccc45)c3)c(=O)[nH]c2=O)O[C@@H]1COP(=O)(OC)OCCOCCOCCOP(=O)(OC)O[C@@H]1C[C@H](n2cc(C)c(=O)[nH]c2=O)O[C@@H]1CO)OC[C@H]1O[C@@H](n2ccc(N)nc2=O)C[C@H]1O. The number of aromatic carboxylic acids is 1. The maximum atomic E-state index is 14.2. The fourth-order valence-electron chi connectivity index (χ4n) is 12.8. The molecular formula is C74H97N9O37P4. The van der Waals surface area contributed by atoms with Crippen LogP contribution in [0.25, 0.3) is 39.5 Å². The zero-order valence-electron chi connectivity index (χ0n) is 67.7. The van der Waals surface area contributed by atoms with Gasteiger partial charge in [-0.3, -0.25) is 102 Å². The van der Waals surface area contributed by atoms with E-state index in [0.29, 0.717) is 42.2 Å². The Labute approximate surface area is 705 Å². The van der Waals surface area contributed by atoms with Crippen molar-refractivity contribution in [2.75, 3.05) is 146 Å². The van der Waals surface area contributed by atoms with Gasteiger partial charge in [0.25, 0.3) is 17.0 Å². The summed E-state index contributed by atoms with van der Waals surface area (Å²) in [5.41, 5.74) is 2.44. The Bertz CT molecular complexity index is 5390. The number of nitrogens with two attached hydrogens (primary N) is 1. The van der Waals surface area contributed by atoms with Crippen LogP contribution >= 0.6 is 31.3 Å². The molecule has 10 N–H and O–H groups in total. The zero-order valence-corrected chi connectivity index (χ0v) is 71.3. The van der Waals surface area contributed by atoms with Gasteiger partial charge in [0.15, 0.2) is 5.43 Å². The summed E-state index contributed by atoms with van der Waals surface area (Å²) in [7, 11) is -13.4. The quantitative estimate of drug-likeness (QED) is 0.0107. The van der Waals surface area contributed by atoms with Crippen LogP contribution in [0.4, 0.5) is 5.82 Å². The first kappa shape index (κ1) is 97.4. The van der Waals surface area contributed by atoms with Crippen molar-refractivity contribution in [3.63, 3.8) is 0 Å². The summed E-state index contributed by atoms with van der Waals surface area (Å²) in [6, 6.07) is 13.9. The second-order valence-electron chi connectivity index (χ2n) is 27.5. The number of aromatic hydroxyl groups is 1. The van der Waals surface area contributed by atoms with Crippen molar-refractivity contribution in [2.45, 2.75) is 107 Å². The molecule has 0 saturated carbocycles. The van der Waals surface area contributed by atoms with Gasteiger partial charge < -0.3 is 74.4 Å². The molecule has 7 heterocycles. The Morgan fingerprint density at radius 2 is 1.11 bits per heavy atom. The largest absolute Gasteiger partial charge is 0.508 e. The normalized spacial score (nSPS) is 21.1. The Morgan fingerprint density at radius 1 is 0.589 bits per heavy atom. The van der Waals surface area contributed by atoms with Crippen molar-refractivity contribution >= 4 is 71.9 Å². The molecule has 2 amide bonds. The highest BCUT2D eigenvalue weighted by atomic mass is 31.2. The number of carbonyl (C=O) groups excluding carboxylic acids is 2. The van der Waals surface area contributed by atoms with Gasteiger partial charge >= 0.3 is 54.3 Å². The number of aromatic amines is 2. The minimum absolute atomic E-state index is 0.000115. The number of phenolic OH excluding ortho intramolecular Hbond substituents is 1. The maximum Gasteiger partial charge on any atom is 0.474 e. The van der Waals surface area contributed by atoms with Crippen molar-refractivity contribution in [3.05, 3.63) is 170 Å². The monoisotopic (exact) mass is 1830 g/mol. The molecule has 2 aromatic carbocycles. The number of nitrogens with one attached hydrogen (secondary N) is 4. The lowest BCUT2D eigenvalue weighted by Crippen LogP contribution is -2.33. The molecule has 10 rings (SSSR count). The number of ether oxygens (including phenoxy) is 7. The third-order valence-corrected chi connectivity index (χ3v) is 24.9. The van der Waals surface area contributed by atoms with Crippen LogP contribution in [0, 0.1) is 6.92 Å². The second kappa shape index (κ2) is 46.1. The number of carboxylic acids is 1. The number of aryl methyl sites for hydroxylation is 1. The van der Waals surface area contributed by atoms with Gasteiger partial charge in [0.05, 0.1) is 116 Å². The number of aliphatic hydroxyl groups excluding tert-OH is 2. The minimum Gasteiger partial charge on any atom is -0.508 e. The summed E-state index contributed by atoms with van der Waals surface area (Å²) < 4.78 is 168. The number of carboxylic acid groups (broad SMARTS) is 1. The topological polar surface area (TPSA) is 601 Å². The molecule has 0 radical (unpaired) electrons. The van der Waals surface area contributed by atoms with Crippen LogP contribution in [0.15, 0.2) is 119 Å². The van der Waals surface area contributed by atoms with Gasteiger partial charge in [0, 0.05) is 125 Å². The van der Waals surface area contributed by atoms with E-state index < -0.39 is 166 Å². The number of rotatable bonds is 52. The molecule has 4 aliphatic heterocycles. The van der Waals surface area contributed by atoms with E-state index in [1.807, 2.05) is 0 Å². The summed E-state index contributed by atoms with van der Waals surface area (Å²) in [4.78, 5) is 123. The molecule has 3 aromatic heterocycles. The number of nitrogen functional groups attached to an aromatic ring is 1. The molecule has 0 spiro atoms. The molecule has 680 valence electrons. The summed E-state index contributed by atoms with van der Waals surface area (Å²) >= 11 is 0. The number of unbranched alkanes of at least 4 members (excludes halogenated alkanes) is 3. The third kappa shape index (κ3) is 27.1. The number of amides is 2. The summed E-state index contributed by atoms with van der Waals surface area (Å²) in [6.45, 7) is -2.06. The lowest BCUT2D eigenvalue weighted by atomic mass is 9.89. The molecule has 13 atom stereocenters. The second-order valence-corrected chi connectivity index (χ2v) is 34.5. The standard InChI is InChI=1S/C74H97N9O37P4/c1-45-40-82(73(95)79-68(45)89)65-38-57(59(42-84)116-65)119-123(99,103-4)111-32-28-107-24-23-106-27-31-110-122(98,102-3)114-44-61-58(120-124(100,104-5)112-33-29-108-25-22-105-26-30-109-121(97,101-2)113-43-60-54(87)37-64(117-60)81-21-18-62(75)78-72(81)94)39-66(118-61)83-41-47(70(91)80-74(83)96)11-17-63(88)76-19-8-6-7-9-20-77-69(90)46-10-14-50(71(92)93)53(34-46)67-51-15-12-48(85)35-55(51)115-56-36-49(86)13-16-52(56)67/h10-18,21,34-36,40-41,54,57-61,64-66,84-85,87H,6-9,19-20,22-33,37-39,42-44H2,1-5H3,(H,76,88)(H,77,90)(H,92,93)(H2,75,78,94)(H,79,89,95)(H,80,91,96)/t54-,57-,58-,59-,60-,61-,64-,65-,66-,121?,122?,123?,124?/m1/s1. The Hall–Kier alpha value is -8.80. The number of carbonyl (C=O) groups is 3. The van der Waals surface area contributed by atoms with Crippen molar-refractivity contribution in [3.8, 4) is 28.2 Å². The van der Waals surface area contributed by atoms with E-state index in [0.717, 1.165) is 60.5 Å². The molecular weight excluding hydrogens is 1730 g/mol. The number of aliphatic hydroxyl groups is 2. The van der Waals surface area contributed by atoms with Crippen LogP contribution in [0.1, 0.15) is 95.5 Å². The number of H-pyrrole nitrogens is 2. The predicted molar refractivity (Wildman–Crippen MR) is 432 cm³/mol. The van der Waals surface area contributed by atoms with Crippen LogP contribution in [0.5, 0.6) is 5.75 Å². The van der Waals surface area contributed by atoms with Crippen LogP contribution in [0.3, 0.4) is 0 Å². The molecule has 4 unspecified atom stereocenters. The third-order valence-electron chi connectivity index (χ3n) is 19.1. The van der Waals surface area contributed by atoms with Crippen molar-refractivity contribution in [1.29, 1.82) is 0 Å². The summed E-state index contributed by atoms with van der Waals surface area (Å²) in [6.07, 6.45) is -2.51. The van der Waals surface area contributed by atoms with E-state index in [-0.39, 0.29) is 155 Å². The number of phosphoric ester groups is 4. The van der Waals surface area contributed by atoms with Gasteiger partial charge in [0.1, 0.15) is 72.1 Å². The van der Waals surface area contributed by atoms with Gasteiger partial charge in [-0.2, -0.15) is 4.98 Å². The molecule has 50 heteroatoms. The first-order chi connectivity index (χ1) is 59.4. The van der Waals surface area contributed by atoms with Gasteiger partial charge in [-0.15, -0.1) is 0 Å². The van der Waals surface area contributed by atoms with E-state index in [9.17, 15) is 81.8 Å². The number of hydrogen-bond donors (Lipinski definition) is 9. The van der Waals surface area contributed by atoms with Gasteiger partial charge in [-0.05, 0) is 79.9 Å². The van der Waals surface area contributed by atoms with Gasteiger partial charge in [-0.1, -0.05) is 12.8 Å². The Kier molecular flexibility index (Phi) is 36.2. The van der Waals surface area contributed by atoms with Crippen molar-refractivity contribution < 1.29 is 145 Å². The maximum absolute atomic E-state index is 14.2. The number of fused-ring (bicyclic) bond motifs is 2. The first-order valence-electron chi connectivity index (χ1n) is 38.7. The smallest absolute Gasteiger partial charge is 0.474 e. The Morgan fingerprint density at radius 3 is 1.69 bits per heavy atom. The highest BCUT2D eigenvalue weighted by Crippen LogP contribution is 2.55. The number of nitrogens with zero attached hydrogens (tertiary/aromatic N) is 4. The first-order valence-corrected chi connectivity index (χ1v) is 44.5. The molecule has 3 fully saturated rings. The van der Waals surface area contributed by atoms with Gasteiger partial charge in [0.2, 0.25) is 5.91 Å². The van der Waals surface area contributed by atoms with E-state index >= 15 is 0 Å². The van der Waals surface area contributed by atoms with Crippen LogP contribution in [-0.2, 0) is 110 Å². The van der Waals surface area contributed by atoms with Crippen molar-refractivity contribution in [1.82, 2.24) is 39.3 Å². The molecule has 5 aliphatic rings. The van der Waals surface area contributed by atoms with E-state index in [1.54, 1.807) is 6.07 Å². The number of aromatic nitrogens is 6. The lowest BCUT2D eigenvalue weighted by molar-refractivity contribution is -0.116. The average Bonchev–Trinajstić information content (AvgIpc) is 1.09. The highest BCUT2D eigenvalue weighted by molar-refractivity contribution is 7.49. The lowest BCUT2D eigenvalue weighted by Gasteiger charge is -2.24. The number of hydrogen-bond acceptors (Lipinski definition) is 38. The fraction of sp³-hybridized carbons (Fsp3) is 0.514. The predicted octanol–water partition coefficient (Wildman–Crippen LogP) is 4.81.